The number of rotatable bonds is 7. The molecule has 3 heteroatoms. The van der Waals surface area contributed by atoms with Crippen molar-refractivity contribution in [3.05, 3.63) is 194 Å². The van der Waals surface area contributed by atoms with Gasteiger partial charge in [-0.3, -0.25) is 4.98 Å². The highest BCUT2D eigenvalue weighted by Crippen LogP contribution is 2.37. The molecule has 2 atom stereocenters. The van der Waals surface area contributed by atoms with E-state index in [0.29, 0.717) is 6.42 Å². The van der Waals surface area contributed by atoms with Gasteiger partial charge < -0.3 is 5.11 Å². The maximum Gasteiger partial charge on any atom is 0.0845 e. The Morgan fingerprint density at radius 2 is 1.47 bits per heavy atom. The number of nitrogens with zero attached hydrogens (tertiary/aromatic N) is 1. The van der Waals surface area contributed by atoms with Gasteiger partial charge in [-0.2, -0.15) is 0 Å². The van der Waals surface area contributed by atoms with Crippen LogP contribution in [0.2, 0.25) is 5.02 Å². The Hall–Kier alpha value is -4.76. The minimum atomic E-state index is -0.642. The number of benzene rings is 5. The molecule has 47 heavy (non-hydrogen) atoms. The largest absolute Gasteiger partial charge is 0.388 e. The molecule has 0 saturated carbocycles. The fraction of sp³-hybridized carbons (Fsp3) is 0.159. The molecule has 1 aromatic heterocycles. The molecular weight excluding hydrogens is 594 g/mol. The Morgan fingerprint density at radius 3 is 2.28 bits per heavy atom. The maximum absolute atomic E-state index is 11.5. The highest BCUT2D eigenvalue weighted by atomic mass is 35.5. The first-order chi connectivity index (χ1) is 23.1. The quantitative estimate of drug-likeness (QED) is 0.192. The van der Waals surface area contributed by atoms with Crippen molar-refractivity contribution >= 4 is 23.3 Å². The fourth-order valence-electron chi connectivity index (χ4n) is 7.64. The molecule has 2 aliphatic carbocycles. The van der Waals surface area contributed by atoms with Gasteiger partial charge in [0.15, 0.2) is 0 Å². The third-order valence-electron chi connectivity index (χ3n) is 9.97. The van der Waals surface area contributed by atoms with Crippen LogP contribution in [-0.4, -0.2) is 10.1 Å². The molecule has 2 aliphatic rings. The SMILES string of the molecule is OC(Cc1ncccc1C1CCC(c2ccccc2)=c2c1ccc1c2=CCc2ccccc2-1)c1ccc(Cc2ccc(Cl)cc2)cc1. The Morgan fingerprint density at radius 1 is 0.723 bits per heavy atom. The summed E-state index contributed by atoms with van der Waals surface area (Å²) in [4.78, 5) is 4.88. The zero-order valence-corrected chi connectivity index (χ0v) is 27.0. The lowest BCUT2D eigenvalue weighted by atomic mass is 9.75. The molecule has 0 bridgehead atoms. The van der Waals surface area contributed by atoms with E-state index in [4.69, 9.17) is 16.6 Å². The summed E-state index contributed by atoms with van der Waals surface area (Å²) in [7, 11) is 0. The van der Waals surface area contributed by atoms with Crippen molar-refractivity contribution < 1.29 is 5.11 Å². The molecular formula is C44H36ClNO. The predicted octanol–water partition coefficient (Wildman–Crippen LogP) is 8.73. The normalized spacial score (nSPS) is 15.6. The summed E-state index contributed by atoms with van der Waals surface area (Å²) < 4.78 is 0. The van der Waals surface area contributed by atoms with Crippen LogP contribution in [0.25, 0.3) is 22.8 Å². The first kappa shape index (κ1) is 29.6. The van der Waals surface area contributed by atoms with Gasteiger partial charge in [-0.1, -0.05) is 127 Å². The molecule has 6 aromatic rings. The average Bonchev–Trinajstić information content (AvgIpc) is 3.13. The summed E-state index contributed by atoms with van der Waals surface area (Å²) in [5.41, 5.74) is 13.6. The topological polar surface area (TPSA) is 33.1 Å². The van der Waals surface area contributed by atoms with Crippen LogP contribution in [0, 0.1) is 0 Å². The van der Waals surface area contributed by atoms with Gasteiger partial charge in [0.05, 0.1) is 6.10 Å². The van der Waals surface area contributed by atoms with Crippen LogP contribution in [0.5, 0.6) is 0 Å². The van der Waals surface area contributed by atoms with E-state index in [1.165, 1.54) is 60.5 Å². The van der Waals surface area contributed by atoms with Crippen molar-refractivity contribution in [2.45, 2.75) is 44.1 Å². The van der Waals surface area contributed by atoms with Gasteiger partial charge in [-0.05, 0) is 110 Å². The molecule has 0 spiro atoms. The van der Waals surface area contributed by atoms with E-state index in [1.807, 2.05) is 24.4 Å². The van der Waals surface area contributed by atoms with E-state index in [1.54, 1.807) is 0 Å². The Kier molecular flexibility index (Phi) is 8.07. The number of fused-ring (bicyclic) bond motifs is 5. The number of aliphatic hydroxyl groups excluding tert-OH is 1. The number of aliphatic hydroxyl groups is 1. The molecule has 0 saturated heterocycles. The molecule has 0 aliphatic heterocycles. The van der Waals surface area contributed by atoms with E-state index in [9.17, 15) is 5.11 Å². The number of hydrogen-bond donors (Lipinski definition) is 1. The number of aromatic nitrogens is 1. The number of hydrogen-bond acceptors (Lipinski definition) is 2. The van der Waals surface area contributed by atoms with Crippen molar-refractivity contribution in [2.75, 3.05) is 0 Å². The van der Waals surface area contributed by atoms with E-state index in [-0.39, 0.29) is 5.92 Å². The molecule has 0 amide bonds. The molecule has 1 N–H and O–H groups in total. The van der Waals surface area contributed by atoms with Gasteiger partial charge in [0, 0.05) is 29.3 Å². The first-order valence-electron chi connectivity index (χ1n) is 16.6. The average molecular weight is 630 g/mol. The summed E-state index contributed by atoms with van der Waals surface area (Å²) in [6, 6.07) is 45.0. The van der Waals surface area contributed by atoms with Gasteiger partial charge >= 0.3 is 0 Å². The lowest BCUT2D eigenvalue weighted by Gasteiger charge is -2.29. The van der Waals surface area contributed by atoms with E-state index in [2.05, 4.69) is 115 Å². The van der Waals surface area contributed by atoms with Crippen molar-refractivity contribution in [3.63, 3.8) is 0 Å². The van der Waals surface area contributed by atoms with Crippen LogP contribution in [0.15, 0.2) is 134 Å². The lowest BCUT2D eigenvalue weighted by Crippen LogP contribution is -2.38. The Labute approximate surface area is 281 Å². The van der Waals surface area contributed by atoms with Crippen LogP contribution in [0.1, 0.15) is 69.5 Å². The third-order valence-corrected chi connectivity index (χ3v) is 10.2. The molecule has 8 rings (SSSR count). The Bertz CT molecular complexity index is 2190. The first-order valence-corrected chi connectivity index (χ1v) is 17.0. The number of pyridine rings is 1. The molecule has 230 valence electrons. The van der Waals surface area contributed by atoms with E-state index >= 15 is 0 Å². The molecule has 2 unspecified atom stereocenters. The highest BCUT2D eigenvalue weighted by Gasteiger charge is 2.28. The summed E-state index contributed by atoms with van der Waals surface area (Å²) >= 11 is 6.06. The van der Waals surface area contributed by atoms with Crippen molar-refractivity contribution in [1.29, 1.82) is 0 Å². The molecule has 0 fully saturated rings. The van der Waals surface area contributed by atoms with Gasteiger partial charge in [0.1, 0.15) is 0 Å². The van der Waals surface area contributed by atoms with Crippen molar-refractivity contribution in [2.24, 2.45) is 0 Å². The van der Waals surface area contributed by atoms with Crippen molar-refractivity contribution in [1.82, 2.24) is 4.98 Å². The van der Waals surface area contributed by atoms with Gasteiger partial charge in [0.25, 0.3) is 0 Å². The predicted molar refractivity (Wildman–Crippen MR) is 193 cm³/mol. The highest BCUT2D eigenvalue weighted by molar-refractivity contribution is 6.30. The second kappa shape index (κ2) is 12.8. The second-order valence-electron chi connectivity index (χ2n) is 12.8. The molecule has 2 nitrogen and oxygen atoms in total. The lowest BCUT2D eigenvalue weighted by molar-refractivity contribution is 0.177. The number of halogens is 1. The van der Waals surface area contributed by atoms with Gasteiger partial charge in [0.2, 0.25) is 0 Å². The van der Waals surface area contributed by atoms with Gasteiger partial charge in [-0.15, -0.1) is 0 Å². The summed E-state index contributed by atoms with van der Waals surface area (Å²) in [5, 5.41) is 15.0. The monoisotopic (exact) mass is 629 g/mol. The molecule has 1 heterocycles. The smallest absolute Gasteiger partial charge is 0.0845 e. The van der Waals surface area contributed by atoms with Crippen LogP contribution in [0.4, 0.5) is 0 Å². The minimum Gasteiger partial charge on any atom is -0.388 e. The van der Waals surface area contributed by atoms with Crippen LogP contribution in [0.3, 0.4) is 0 Å². The van der Waals surface area contributed by atoms with Crippen LogP contribution < -0.4 is 10.4 Å². The summed E-state index contributed by atoms with van der Waals surface area (Å²) in [6.07, 6.45) is 7.88. The zero-order chi connectivity index (χ0) is 31.7. The van der Waals surface area contributed by atoms with E-state index in [0.717, 1.165) is 42.0 Å². The van der Waals surface area contributed by atoms with Crippen LogP contribution in [-0.2, 0) is 19.3 Å². The maximum atomic E-state index is 11.5. The minimum absolute atomic E-state index is 0.200. The van der Waals surface area contributed by atoms with Crippen LogP contribution >= 0.6 is 11.6 Å². The molecule has 0 radical (unpaired) electrons. The van der Waals surface area contributed by atoms with E-state index < -0.39 is 6.10 Å². The van der Waals surface area contributed by atoms with Crippen molar-refractivity contribution in [3.8, 4) is 11.1 Å². The Balaban J connectivity index is 1.15. The summed E-state index contributed by atoms with van der Waals surface area (Å²) in [5.74, 6) is 0.200. The zero-order valence-electron chi connectivity index (χ0n) is 26.2. The standard InChI is InChI=1S/C44H36ClNO/c45-34-19-14-30(15-20-34)27-29-12-16-33(17-13-29)43(47)28-42-39(11-6-26-46-42)38-23-22-36(31-7-2-1-3-8-31)44-40-21-18-32-9-4-5-10-35(32)37(40)24-25-41(38)44/h1-17,19-21,24-26,38,43,47H,18,22-23,27-28H2. The fourth-order valence-corrected chi connectivity index (χ4v) is 7.76. The molecule has 5 aromatic carbocycles. The van der Waals surface area contributed by atoms with Gasteiger partial charge in [-0.25, -0.2) is 0 Å². The second-order valence-corrected chi connectivity index (χ2v) is 13.2. The third kappa shape index (κ3) is 5.84. The summed E-state index contributed by atoms with van der Waals surface area (Å²) in [6.45, 7) is 0.